The van der Waals surface area contributed by atoms with Gasteiger partial charge in [0.1, 0.15) is 5.76 Å². The van der Waals surface area contributed by atoms with E-state index in [1.807, 2.05) is 0 Å². The Hall–Kier alpha value is -2.77. The molecule has 2 aromatic heterocycles. The quantitative estimate of drug-likeness (QED) is 0.822. The largest absolute Gasteiger partial charge is 0.363 e. The molecule has 21 heavy (non-hydrogen) atoms. The van der Waals surface area contributed by atoms with Crippen LogP contribution in [0.2, 0.25) is 0 Å². The Morgan fingerprint density at radius 1 is 1.48 bits per heavy atom. The molecule has 3 heterocycles. The summed E-state index contributed by atoms with van der Waals surface area (Å²) >= 11 is 0. The standard InChI is InChI=1S/C13H12N5O3/c1-7-4-9(17-21-7)13(20)18-3-2-8-5-15-12(11(14)19)16-10(8)6-18/h4H,2-3,6H2,1H3,(H2,14,19). The van der Waals surface area contributed by atoms with E-state index < -0.39 is 5.91 Å². The lowest BCUT2D eigenvalue weighted by Crippen LogP contribution is -2.37. The minimum absolute atomic E-state index is 0.0969. The first-order valence-electron chi connectivity index (χ1n) is 6.34. The van der Waals surface area contributed by atoms with Crippen LogP contribution in [0.25, 0.3) is 0 Å². The fourth-order valence-corrected chi connectivity index (χ4v) is 2.16. The van der Waals surface area contributed by atoms with Crippen LogP contribution in [-0.2, 0) is 13.0 Å². The number of primary amides is 1. The molecule has 8 heteroatoms. The number of hydrogen-bond donors (Lipinski definition) is 1. The third-order valence-corrected chi connectivity index (χ3v) is 3.21. The molecule has 107 valence electrons. The Labute approximate surface area is 119 Å². The van der Waals surface area contributed by atoms with Gasteiger partial charge in [0, 0.05) is 18.2 Å². The number of aryl methyl sites for hydroxylation is 1. The average Bonchev–Trinajstić information content (AvgIpc) is 2.91. The third kappa shape index (κ3) is 2.47. The van der Waals surface area contributed by atoms with E-state index in [2.05, 4.69) is 21.3 Å². The highest BCUT2D eigenvalue weighted by molar-refractivity contribution is 5.92. The molecule has 0 bridgehead atoms. The zero-order valence-electron chi connectivity index (χ0n) is 11.3. The van der Waals surface area contributed by atoms with Crippen molar-refractivity contribution in [2.45, 2.75) is 19.9 Å². The lowest BCUT2D eigenvalue weighted by molar-refractivity contribution is 0.0721. The Morgan fingerprint density at radius 2 is 2.29 bits per heavy atom. The zero-order valence-corrected chi connectivity index (χ0v) is 11.3. The van der Waals surface area contributed by atoms with Crippen LogP contribution in [-0.4, -0.2) is 38.4 Å². The highest BCUT2D eigenvalue weighted by atomic mass is 16.5. The fraction of sp³-hybridized carbons (Fsp3) is 0.308. The first-order chi connectivity index (χ1) is 10.0. The number of rotatable bonds is 2. The lowest BCUT2D eigenvalue weighted by atomic mass is 10.1. The van der Waals surface area contributed by atoms with Gasteiger partial charge < -0.3 is 15.2 Å². The first kappa shape index (κ1) is 13.2. The van der Waals surface area contributed by atoms with Crippen LogP contribution < -0.4 is 5.73 Å². The summed E-state index contributed by atoms with van der Waals surface area (Å²) in [4.78, 5) is 32.9. The van der Waals surface area contributed by atoms with Crippen LogP contribution >= 0.6 is 0 Å². The second-order valence-corrected chi connectivity index (χ2v) is 4.75. The molecule has 2 aromatic rings. The molecule has 0 saturated heterocycles. The molecule has 0 unspecified atom stereocenters. The summed E-state index contributed by atoms with van der Waals surface area (Å²) in [7, 11) is 0. The van der Waals surface area contributed by atoms with Crippen LogP contribution in [0.1, 0.15) is 38.1 Å². The Morgan fingerprint density at radius 3 is 2.95 bits per heavy atom. The lowest BCUT2D eigenvalue weighted by Gasteiger charge is -2.26. The summed E-state index contributed by atoms with van der Waals surface area (Å²) < 4.78 is 4.91. The van der Waals surface area contributed by atoms with Crippen LogP contribution in [0.5, 0.6) is 0 Å². The van der Waals surface area contributed by atoms with Crippen molar-refractivity contribution in [3.8, 4) is 0 Å². The summed E-state index contributed by atoms with van der Waals surface area (Å²) in [6.45, 7) is 2.49. The third-order valence-electron chi connectivity index (χ3n) is 3.21. The second-order valence-electron chi connectivity index (χ2n) is 4.75. The van der Waals surface area contributed by atoms with Crippen molar-refractivity contribution in [2.24, 2.45) is 5.73 Å². The summed E-state index contributed by atoms with van der Waals surface area (Å²) in [5.74, 6) is -0.482. The molecule has 0 atom stereocenters. The molecule has 1 radical (unpaired) electrons. The SMILES string of the molecule is Cc1cc(C(=O)N2CCc3[c]nc(C(N)=O)nc3C2)no1. The minimum Gasteiger partial charge on any atom is -0.363 e. The predicted octanol–water partition coefficient (Wildman–Crippen LogP) is -0.129. The molecule has 1 aliphatic heterocycles. The smallest absolute Gasteiger partial charge is 0.286 e. The molecule has 2 amide bonds. The van der Waals surface area contributed by atoms with Gasteiger partial charge in [-0.25, -0.2) is 9.97 Å². The number of hydrogen-bond acceptors (Lipinski definition) is 6. The number of carbonyl (C=O) groups is 2. The van der Waals surface area contributed by atoms with Crippen molar-refractivity contribution >= 4 is 11.8 Å². The molecule has 2 N–H and O–H groups in total. The summed E-state index contributed by atoms with van der Waals surface area (Å²) in [5.41, 5.74) is 6.78. The van der Waals surface area contributed by atoms with Gasteiger partial charge >= 0.3 is 0 Å². The maximum Gasteiger partial charge on any atom is 0.286 e. The average molecular weight is 286 g/mol. The maximum absolute atomic E-state index is 12.3. The van der Waals surface area contributed by atoms with Crippen LogP contribution in [0.3, 0.4) is 0 Å². The summed E-state index contributed by atoms with van der Waals surface area (Å²) in [6.07, 6.45) is 3.32. The van der Waals surface area contributed by atoms with E-state index in [1.54, 1.807) is 17.9 Å². The first-order valence-corrected chi connectivity index (χ1v) is 6.34. The van der Waals surface area contributed by atoms with E-state index in [-0.39, 0.29) is 24.0 Å². The highest BCUT2D eigenvalue weighted by Crippen LogP contribution is 2.18. The molecule has 0 saturated carbocycles. The minimum atomic E-state index is -0.718. The van der Waals surface area contributed by atoms with Gasteiger partial charge in [-0.2, -0.15) is 0 Å². The second kappa shape index (κ2) is 4.97. The highest BCUT2D eigenvalue weighted by Gasteiger charge is 2.26. The maximum atomic E-state index is 12.3. The monoisotopic (exact) mass is 286 g/mol. The molecule has 0 aliphatic carbocycles. The van der Waals surface area contributed by atoms with Gasteiger partial charge in [0.05, 0.1) is 18.4 Å². The molecular weight excluding hydrogens is 274 g/mol. The van der Waals surface area contributed by atoms with Crippen molar-refractivity contribution < 1.29 is 14.1 Å². The van der Waals surface area contributed by atoms with E-state index in [0.29, 0.717) is 24.4 Å². The van der Waals surface area contributed by atoms with Gasteiger partial charge in [0.25, 0.3) is 11.8 Å². The molecular formula is C13H12N5O3. The predicted molar refractivity (Wildman–Crippen MR) is 69.1 cm³/mol. The van der Waals surface area contributed by atoms with E-state index in [4.69, 9.17) is 10.3 Å². The molecule has 8 nitrogen and oxygen atoms in total. The van der Waals surface area contributed by atoms with E-state index in [0.717, 1.165) is 5.56 Å². The fourth-order valence-electron chi connectivity index (χ4n) is 2.16. The van der Waals surface area contributed by atoms with Gasteiger partial charge in [-0.15, -0.1) is 0 Å². The van der Waals surface area contributed by atoms with Crippen LogP contribution in [0.4, 0.5) is 0 Å². The van der Waals surface area contributed by atoms with Crippen molar-refractivity contribution in [1.29, 1.82) is 0 Å². The number of carbonyl (C=O) groups excluding carboxylic acids is 2. The van der Waals surface area contributed by atoms with Crippen LogP contribution in [0.15, 0.2) is 10.6 Å². The van der Waals surface area contributed by atoms with Crippen molar-refractivity contribution in [3.63, 3.8) is 0 Å². The van der Waals surface area contributed by atoms with E-state index >= 15 is 0 Å². The molecule has 1 aliphatic rings. The van der Waals surface area contributed by atoms with Gasteiger partial charge in [0.15, 0.2) is 5.69 Å². The van der Waals surface area contributed by atoms with Gasteiger partial charge in [-0.1, -0.05) is 5.16 Å². The Bertz CT molecular complexity index is 724. The number of aromatic nitrogens is 3. The normalized spacial score (nSPS) is 13.9. The number of nitrogens with two attached hydrogens (primary N) is 1. The van der Waals surface area contributed by atoms with Gasteiger partial charge in [-0.3, -0.25) is 9.59 Å². The van der Waals surface area contributed by atoms with E-state index in [1.165, 1.54) is 0 Å². The molecule has 0 spiro atoms. The molecule has 3 rings (SSSR count). The molecule has 0 aromatic carbocycles. The van der Waals surface area contributed by atoms with E-state index in [9.17, 15) is 9.59 Å². The summed E-state index contributed by atoms with van der Waals surface area (Å²) in [5, 5.41) is 3.71. The van der Waals surface area contributed by atoms with Crippen molar-refractivity contribution in [1.82, 2.24) is 20.0 Å². The number of amides is 2. The zero-order chi connectivity index (χ0) is 15.0. The topological polar surface area (TPSA) is 115 Å². The van der Waals surface area contributed by atoms with Crippen LogP contribution in [0, 0.1) is 13.1 Å². The van der Waals surface area contributed by atoms with Crippen molar-refractivity contribution in [3.05, 3.63) is 40.8 Å². The number of nitrogens with zero attached hydrogens (tertiary/aromatic N) is 4. The number of fused-ring (bicyclic) bond motifs is 1. The van der Waals surface area contributed by atoms with Gasteiger partial charge in [0.2, 0.25) is 5.82 Å². The molecule has 0 fully saturated rings. The van der Waals surface area contributed by atoms with Gasteiger partial charge in [-0.05, 0) is 13.3 Å². The Balaban J connectivity index is 1.84. The van der Waals surface area contributed by atoms with Crippen molar-refractivity contribution in [2.75, 3.05) is 6.54 Å². The Kier molecular flexibility index (Phi) is 3.13. The summed E-state index contributed by atoms with van der Waals surface area (Å²) in [6, 6.07) is 1.58.